The smallest absolute Gasteiger partial charge is 0.410 e. The number of amides is 1. The van der Waals surface area contributed by atoms with Crippen molar-refractivity contribution in [1.29, 1.82) is 0 Å². The molecular formula is C22H24FNO5. The van der Waals surface area contributed by atoms with Crippen LogP contribution in [0, 0.1) is 5.82 Å². The number of aliphatic hydroxyl groups is 1. The van der Waals surface area contributed by atoms with Crippen molar-refractivity contribution in [3.05, 3.63) is 65.5 Å². The van der Waals surface area contributed by atoms with Crippen LogP contribution in [0.4, 0.5) is 9.18 Å². The molecule has 0 saturated carbocycles. The number of carbonyl (C=O) groups is 1. The second-order valence-electron chi connectivity index (χ2n) is 7.58. The number of piperidine rings is 1. The van der Waals surface area contributed by atoms with E-state index < -0.39 is 29.6 Å². The van der Waals surface area contributed by atoms with E-state index in [0.29, 0.717) is 5.75 Å². The molecule has 2 aliphatic rings. The molecule has 29 heavy (non-hydrogen) atoms. The molecule has 2 aliphatic heterocycles. The van der Waals surface area contributed by atoms with Gasteiger partial charge in [0.15, 0.2) is 0 Å². The lowest BCUT2D eigenvalue weighted by Gasteiger charge is -2.51. The number of rotatable bonds is 4. The average Bonchev–Trinajstić information content (AvgIpc) is 2.72. The van der Waals surface area contributed by atoms with Crippen LogP contribution in [0.3, 0.4) is 0 Å². The average molecular weight is 401 g/mol. The normalized spacial score (nSPS) is 26.1. The van der Waals surface area contributed by atoms with Crippen molar-refractivity contribution in [2.75, 3.05) is 20.3 Å². The third-order valence-corrected chi connectivity index (χ3v) is 5.65. The van der Waals surface area contributed by atoms with Gasteiger partial charge in [-0.3, -0.25) is 4.90 Å². The lowest BCUT2D eigenvalue weighted by atomic mass is 9.77. The van der Waals surface area contributed by atoms with E-state index in [1.54, 1.807) is 17.0 Å². The largest absolute Gasteiger partial charge is 0.497 e. The van der Waals surface area contributed by atoms with Crippen LogP contribution in [0.2, 0.25) is 0 Å². The minimum Gasteiger partial charge on any atom is -0.497 e. The molecule has 2 aromatic carbocycles. The summed E-state index contributed by atoms with van der Waals surface area (Å²) in [4.78, 5) is 14.4. The molecule has 2 saturated heterocycles. The molecule has 1 N–H and O–H groups in total. The molecule has 0 aromatic heterocycles. The van der Waals surface area contributed by atoms with Crippen LogP contribution in [0.25, 0.3) is 0 Å². The molecule has 2 aromatic rings. The van der Waals surface area contributed by atoms with Crippen molar-refractivity contribution >= 4 is 6.09 Å². The molecule has 2 bridgehead atoms. The quantitative estimate of drug-likeness (QED) is 0.852. The van der Waals surface area contributed by atoms with Gasteiger partial charge in [-0.25, -0.2) is 9.18 Å². The van der Waals surface area contributed by atoms with Crippen molar-refractivity contribution < 1.29 is 28.5 Å². The van der Waals surface area contributed by atoms with Crippen molar-refractivity contribution in [2.24, 2.45) is 0 Å². The van der Waals surface area contributed by atoms with Crippen LogP contribution >= 0.6 is 0 Å². The van der Waals surface area contributed by atoms with Crippen LogP contribution in [-0.4, -0.2) is 48.5 Å². The van der Waals surface area contributed by atoms with E-state index >= 15 is 0 Å². The van der Waals surface area contributed by atoms with Gasteiger partial charge in [0.2, 0.25) is 0 Å². The number of fused-ring (bicyclic) bond motifs is 2. The standard InChI is InChI=1S/C22H24FNO5/c1-27-18-7-8-19(20(23)9-18)22(26)10-16-13-28-14-17(11-22)24(16)21(25)29-12-15-5-3-2-4-6-15/h2-9,16-17,26H,10-14H2,1H3. The van der Waals surface area contributed by atoms with Gasteiger partial charge in [-0.2, -0.15) is 0 Å². The molecular weight excluding hydrogens is 377 g/mol. The number of benzene rings is 2. The molecule has 0 radical (unpaired) electrons. The molecule has 7 heteroatoms. The highest BCUT2D eigenvalue weighted by atomic mass is 19.1. The SMILES string of the molecule is COc1ccc(C2(O)CC3COCC(C2)N3C(=O)OCc2ccccc2)c(F)c1. The Labute approximate surface area is 168 Å². The molecule has 4 rings (SSSR count). The maximum atomic E-state index is 14.6. The molecule has 2 heterocycles. The second-order valence-corrected chi connectivity index (χ2v) is 7.58. The van der Waals surface area contributed by atoms with Gasteiger partial charge >= 0.3 is 6.09 Å². The van der Waals surface area contributed by atoms with Crippen LogP contribution < -0.4 is 4.74 Å². The van der Waals surface area contributed by atoms with Crippen LogP contribution in [0.1, 0.15) is 24.0 Å². The first-order chi connectivity index (χ1) is 14.0. The molecule has 154 valence electrons. The molecule has 2 atom stereocenters. The third kappa shape index (κ3) is 3.93. The number of halogens is 1. The van der Waals surface area contributed by atoms with Gasteiger partial charge < -0.3 is 19.3 Å². The van der Waals surface area contributed by atoms with Crippen molar-refractivity contribution in [2.45, 2.75) is 37.1 Å². The van der Waals surface area contributed by atoms with Crippen molar-refractivity contribution in [1.82, 2.24) is 4.90 Å². The fourth-order valence-corrected chi connectivity index (χ4v) is 4.29. The number of carbonyl (C=O) groups excluding carboxylic acids is 1. The summed E-state index contributed by atoms with van der Waals surface area (Å²) in [5.74, 6) is -0.133. The predicted octanol–water partition coefficient (Wildman–Crippen LogP) is 3.22. The molecule has 6 nitrogen and oxygen atoms in total. The van der Waals surface area contributed by atoms with Gasteiger partial charge in [-0.05, 0) is 17.7 Å². The Morgan fingerprint density at radius 3 is 2.52 bits per heavy atom. The van der Waals surface area contributed by atoms with E-state index in [4.69, 9.17) is 14.2 Å². The number of methoxy groups -OCH3 is 1. The number of ether oxygens (including phenoxy) is 3. The summed E-state index contributed by atoms with van der Waals surface area (Å²) >= 11 is 0. The van der Waals surface area contributed by atoms with E-state index in [1.807, 2.05) is 30.3 Å². The Morgan fingerprint density at radius 1 is 1.21 bits per heavy atom. The number of hydrogen-bond acceptors (Lipinski definition) is 5. The molecule has 2 unspecified atom stereocenters. The van der Waals surface area contributed by atoms with Gasteiger partial charge in [0, 0.05) is 24.5 Å². The second kappa shape index (κ2) is 8.00. The number of morpholine rings is 1. The summed E-state index contributed by atoms with van der Waals surface area (Å²) in [5.41, 5.74) is -0.269. The highest BCUT2D eigenvalue weighted by Gasteiger charge is 2.50. The number of hydrogen-bond donors (Lipinski definition) is 1. The van der Waals surface area contributed by atoms with Gasteiger partial charge in [0.25, 0.3) is 0 Å². The summed E-state index contributed by atoms with van der Waals surface area (Å²) in [7, 11) is 1.46. The monoisotopic (exact) mass is 401 g/mol. The summed E-state index contributed by atoms with van der Waals surface area (Å²) in [6.45, 7) is 0.724. The number of nitrogens with zero attached hydrogens (tertiary/aromatic N) is 1. The zero-order chi connectivity index (χ0) is 20.4. The van der Waals surface area contributed by atoms with Gasteiger partial charge in [-0.15, -0.1) is 0 Å². The minimum atomic E-state index is -1.38. The first kappa shape index (κ1) is 19.7. The first-order valence-electron chi connectivity index (χ1n) is 9.63. The Hall–Kier alpha value is -2.64. The van der Waals surface area contributed by atoms with Crippen molar-refractivity contribution in [3.63, 3.8) is 0 Å². The van der Waals surface area contributed by atoms with Crippen LogP contribution in [-0.2, 0) is 21.7 Å². The summed E-state index contributed by atoms with van der Waals surface area (Å²) < 4.78 is 30.8. The Morgan fingerprint density at radius 2 is 1.90 bits per heavy atom. The zero-order valence-corrected chi connectivity index (χ0v) is 16.2. The van der Waals surface area contributed by atoms with E-state index in [9.17, 15) is 14.3 Å². The van der Waals surface area contributed by atoms with Gasteiger partial charge in [0.1, 0.15) is 18.2 Å². The highest BCUT2D eigenvalue weighted by Crippen LogP contribution is 2.42. The summed E-state index contributed by atoms with van der Waals surface area (Å²) in [5, 5.41) is 11.3. The van der Waals surface area contributed by atoms with Crippen LogP contribution in [0.5, 0.6) is 5.75 Å². The predicted molar refractivity (Wildman–Crippen MR) is 103 cm³/mol. The third-order valence-electron chi connectivity index (χ3n) is 5.65. The van der Waals surface area contributed by atoms with E-state index in [2.05, 4.69) is 0 Å². The molecule has 0 spiro atoms. The topological polar surface area (TPSA) is 68.2 Å². The molecule has 2 fully saturated rings. The Kier molecular flexibility index (Phi) is 5.43. The fraction of sp³-hybridized carbons (Fsp3) is 0.409. The molecule has 0 aliphatic carbocycles. The maximum absolute atomic E-state index is 14.6. The van der Waals surface area contributed by atoms with E-state index in [0.717, 1.165) is 5.56 Å². The van der Waals surface area contributed by atoms with Gasteiger partial charge in [-0.1, -0.05) is 30.3 Å². The van der Waals surface area contributed by atoms with Gasteiger partial charge in [0.05, 0.1) is 38.0 Å². The molecule has 1 amide bonds. The minimum absolute atomic E-state index is 0.174. The van der Waals surface area contributed by atoms with E-state index in [1.165, 1.54) is 13.2 Å². The zero-order valence-electron chi connectivity index (χ0n) is 16.2. The van der Waals surface area contributed by atoms with Crippen LogP contribution in [0.15, 0.2) is 48.5 Å². The fourth-order valence-electron chi connectivity index (χ4n) is 4.29. The Bertz CT molecular complexity index is 861. The van der Waals surface area contributed by atoms with Crippen molar-refractivity contribution in [3.8, 4) is 5.75 Å². The van der Waals surface area contributed by atoms with E-state index in [-0.39, 0.29) is 38.2 Å². The lowest BCUT2D eigenvalue weighted by Crippen LogP contribution is -2.62. The first-order valence-corrected chi connectivity index (χ1v) is 9.63. The summed E-state index contributed by atoms with van der Waals surface area (Å²) in [6, 6.07) is 13.1. The Balaban J connectivity index is 1.50. The highest BCUT2D eigenvalue weighted by molar-refractivity contribution is 5.69. The lowest BCUT2D eigenvalue weighted by molar-refractivity contribution is -0.137. The summed E-state index contributed by atoms with van der Waals surface area (Å²) in [6.07, 6.45) is -0.0928. The maximum Gasteiger partial charge on any atom is 0.410 e.